The number of carbonyl (C=O) groups excluding carboxylic acids is 2. The Labute approximate surface area is 255 Å². The second-order valence-electron chi connectivity index (χ2n) is 8.48. The second kappa shape index (κ2) is 19.5. The average molecular weight is 613 g/mol. The lowest BCUT2D eigenvalue weighted by Gasteiger charge is -2.13. The number of hydrogen-bond acceptors (Lipinski definition) is 10. The van der Waals surface area contributed by atoms with Crippen LogP contribution < -0.4 is 10.6 Å². The highest BCUT2D eigenvalue weighted by Crippen LogP contribution is 2.23. The van der Waals surface area contributed by atoms with Gasteiger partial charge in [0.2, 0.25) is 22.1 Å². The normalized spacial score (nSPS) is 11.7. The lowest BCUT2D eigenvalue weighted by Crippen LogP contribution is -2.23. The van der Waals surface area contributed by atoms with Gasteiger partial charge in [-0.25, -0.2) is 0 Å². The molecule has 2 heterocycles. The quantitative estimate of drug-likeness (QED) is 0.146. The zero-order chi connectivity index (χ0) is 30.7. The van der Waals surface area contributed by atoms with Gasteiger partial charge in [-0.3, -0.25) is 20.2 Å². The third kappa shape index (κ3) is 10.7. The topological polar surface area (TPSA) is 150 Å². The van der Waals surface area contributed by atoms with Crippen LogP contribution in [0.5, 0.6) is 0 Å². The first-order valence-electron chi connectivity index (χ1n) is 14.2. The van der Waals surface area contributed by atoms with Crippen LogP contribution in [-0.4, -0.2) is 55.6 Å². The molecule has 0 aliphatic heterocycles. The Kier molecular flexibility index (Phi) is 16.1. The van der Waals surface area contributed by atoms with Gasteiger partial charge in [-0.05, 0) is 24.0 Å². The van der Waals surface area contributed by atoms with Crippen molar-refractivity contribution in [2.75, 3.05) is 23.8 Å². The van der Waals surface area contributed by atoms with Crippen molar-refractivity contribution < 1.29 is 19.8 Å². The highest BCUT2D eigenvalue weighted by atomic mass is 32.1. The predicted octanol–water partition coefficient (Wildman–Crippen LogP) is 5.44. The van der Waals surface area contributed by atoms with Gasteiger partial charge in [0.1, 0.15) is 10.0 Å². The van der Waals surface area contributed by atoms with Gasteiger partial charge in [0.25, 0.3) is 0 Å². The number of amides is 2. The highest BCUT2D eigenvalue weighted by molar-refractivity contribution is 7.15. The van der Waals surface area contributed by atoms with Gasteiger partial charge in [0, 0.05) is 12.8 Å². The number of nitrogens with one attached hydrogen (secondary N) is 2. The molecule has 10 nitrogen and oxygen atoms in total. The van der Waals surface area contributed by atoms with Crippen molar-refractivity contribution in [3.05, 3.63) is 81.8 Å². The van der Waals surface area contributed by atoms with Gasteiger partial charge in [-0.1, -0.05) is 111 Å². The van der Waals surface area contributed by atoms with Crippen molar-refractivity contribution in [3.8, 4) is 0 Å². The van der Waals surface area contributed by atoms with E-state index in [4.69, 9.17) is 0 Å². The number of aliphatic hydroxyl groups excluding tert-OH is 2. The van der Waals surface area contributed by atoms with Gasteiger partial charge in [-0.15, -0.1) is 20.4 Å². The van der Waals surface area contributed by atoms with E-state index in [1.54, 1.807) is 24.3 Å². The molecule has 0 saturated carbocycles. The maximum Gasteiger partial charge on any atom is 0.236 e. The maximum absolute atomic E-state index is 12.6. The van der Waals surface area contributed by atoms with Crippen LogP contribution in [0.4, 0.5) is 10.3 Å². The molecule has 226 valence electrons. The van der Waals surface area contributed by atoms with Crippen molar-refractivity contribution in [3.63, 3.8) is 0 Å². The molecule has 4 N–H and O–H groups in total. The Hall–Kier alpha value is -3.58. The molecule has 0 bridgehead atoms. The number of rotatable bonds is 13. The Morgan fingerprint density at radius 3 is 1.33 bits per heavy atom. The number of benzene rings is 2. The monoisotopic (exact) mass is 612 g/mol. The van der Waals surface area contributed by atoms with Crippen LogP contribution in [-0.2, 0) is 22.4 Å². The molecule has 2 aromatic heterocycles. The standard InChI is InChI=1S/C26H28N6O4S2.2C2H6/c33-15-19(17-9-3-1-4-10-17)23(35)27-25-31-29-21(37-25)13-7-8-14-22-30-32-26(38-22)28-24(36)20(16-34)18-11-5-2-6-12-18;2*1-2/h1-6,9-12,19-20,33-34H,7-8,13-16H2,(H,27,31,35)(H,28,32,36);2*1-2H3. The van der Waals surface area contributed by atoms with Crippen molar-refractivity contribution in [1.82, 2.24) is 20.4 Å². The molecule has 0 fully saturated rings. The van der Waals surface area contributed by atoms with E-state index in [2.05, 4.69) is 31.0 Å². The Morgan fingerprint density at radius 1 is 0.643 bits per heavy atom. The van der Waals surface area contributed by atoms with E-state index < -0.39 is 11.8 Å². The molecule has 2 atom stereocenters. The number of carbonyl (C=O) groups is 2. The lowest BCUT2D eigenvalue weighted by molar-refractivity contribution is -0.119. The summed E-state index contributed by atoms with van der Waals surface area (Å²) >= 11 is 2.63. The van der Waals surface area contributed by atoms with Crippen molar-refractivity contribution in [2.24, 2.45) is 0 Å². The number of aromatic nitrogens is 4. The van der Waals surface area contributed by atoms with Gasteiger partial charge >= 0.3 is 0 Å². The molecule has 0 spiro atoms. The molecule has 2 unspecified atom stereocenters. The van der Waals surface area contributed by atoms with E-state index in [0.29, 0.717) is 23.1 Å². The van der Waals surface area contributed by atoms with E-state index in [1.807, 2.05) is 64.1 Å². The molecule has 2 aromatic carbocycles. The van der Waals surface area contributed by atoms with Crippen LogP contribution in [0.3, 0.4) is 0 Å². The number of nitrogens with zero attached hydrogens (tertiary/aromatic N) is 4. The fourth-order valence-corrected chi connectivity index (χ4v) is 5.37. The summed E-state index contributed by atoms with van der Waals surface area (Å²) in [6, 6.07) is 18.2. The van der Waals surface area contributed by atoms with E-state index in [0.717, 1.165) is 34.0 Å². The molecule has 0 aliphatic rings. The summed E-state index contributed by atoms with van der Waals surface area (Å²) < 4.78 is 0. The summed E-state index contributed by atoms with van der Waals surface area (Å²) in [5.74, 6) is -1.99. The molecule has 42 heavy (non-hydrogen) atoms. The number of aliphatic hydroxyl groups is 2. The van der Waals surface area contributed by atoms with Crippen LogP contribution in [0.2, 0.25) is 0 Å². The maximum atomic E-state index is 12.6. The van der Waals surface area contributed by atoms with Crippen molar-refractivity contribution in [2.45, 2.75) is 65.2 Å². The number of unbranched alkanes of at least 4 members (excludes halogenated alkanes) is 1. The number of hydrogen-bond donors (Lipinski definition) is 4. The first kappa shape index (κ1) is 34.6. The van der Waals surface area contributed by atoms with E-state index in [1.165, 1.54) is 22.7 Å². The van der Waals surface area contributed by atoms with E-state index in [-0.39, 0.29) is 25.0 Å². The van der Waals surface area contributed by atoms with Crippen molar-refractivity contribution in [1.29, 1.82) is 0 Å². The minimum absolute atomic E-state index is 0.298. The smallest absolute Gasteiger partial charge is 0.236 e. The fourth-order valence-electron chi connectivity index (χ4n) is 3.80. The summed E-state index contributed by atoms with van der Waals surface area (Å²) in [6.07, 6.45) is 3.09. The lowest BCUT2D eigenvalue weighted by atomic mass is 9.99. The molecule has 0 radical (unpaired) electrons. The van der Waals surface area contributed by atoms with Crippen LogP contribution in [0.25, 0.3) is 0 Å². The SMILES string of the molecule is CC.CC.O=C(Nc1nnc(CCCCc2nnc(NC(=O)C(CO)c3ccccc3)s2)s1)C(CO)c1ccccc1. The summed E-state index contributed by atoms with van der Waals surface area (Å²) in [4.78, 5) is 25.2. The zero-order valence-corrected chi connectivity index (χ0v) is 26.1. The van der Waals surface area contributed by atoms with Crippen LogP contribution in [0, 0.1) is 0 Å². The summed E-state index contributed by atoms with van der Waals surface area (Å²) in [5, 5.41) is 43.7. The third-order valence-electron chi connectivity index (χ3n) is 5.83. The average Bonchev–Trinajstić information content (AvgIpc) is 3.68. The number of anilines is 2. The van der Waals surface area contributed by atoms with Crippen LogP contribution in [0.15, 0.2) is 60.7 Å². The van der Waals surface area contributed by atoms with Crippen LogP contribution >= 0.6 is 22.7 Å². The largest absolute Gasteiger partial charge is 0.395 e. The summed E-state index contributed by atoms with van der Waals surface area (Å²) in [5.41, 5.74) is 1.47. The zero-order valence-electron chi connectivity index (χ0n) is 24.5. The van der Waals surface area contributed by atoms with E-state index >= 15 is 0 Å². The minimum atomic E-state index is -0.669. The molecular weight excluding hydrogens is 573 g/mol. The van der Waals surface area contributed by atoms with Gasteiger partial charge < -0.3 is 10.2 Å². The number of aryl methyl sites for hydroxylation is 2. The second-order valence-corrected chi connectivity index (χ2v) is 10.6. The summed E-state index contributed by atoms with van der Waals surface area (Å²) in [6.45, 7) is 7.40. The molecule has 0 saturated heterocycles. The van der Waals surface area contributed by atoms with Crippen LogP contribution in [0.1, 0.15) is 73.5 Å². The molecule has 12 heteroatoms. The summed E-state index contributed by atoms with van der Waals surface area (Å²) in [7, 11) is 0. The predicted molar refractivity (Wildman–Crippen MR) is 169 cm³/mol. The first-order valence-corrected chi connectivity index (χ1v) is 15.8. The van der Waals surface area contributed by atoms with E-state index in [9.17, 15) is 19.8 Å². The van der Waals surface area contributed by atoms with Gasteiger partial charge in [-0.2, -0.15) is 0 Å². The minimum Gasteiger partial charge on any atom is -0.395 e. The van der Waals surface area contributed by atoms with Crippen molar-refractivity contribution >= 4 is 44.8 Å². The molecule has 4 rings (SSSR count). The molecule has 2 amide bonds. The third-order valence-corrected chi connectivity index (χ3v) is 7.62. The van der Waals surface area contributed by atoms with Gasteiger partial charge in [0.05, 0.1) is 25.0 Å². The Morgan fingerprint density at radius 2 is 1.00 bits per heavy atom. The highest BCUT2D eigenvalue weighted by Gasteiger charge is 2.22. The first-order chi connectivity index (χ1) is 20.6. The molecule has 0 aliphatic carbocycles. The molecule has 4 aromatic rings. The molecular formula is C30H40N6O4S2. The Balaban J connectivity index is 0.00000148. The Bertz CT molecular complexity index is 1220. The van der Waals surface area contributed by atoms with Gasteiger partial charge in [0.15, 0.2) is 0 Å². The fraction of sp³-hybridized carbons (Fsp3) is 0.400.